The summed E-state index contributed by atoms with van der Waals surface area (Å²) in [6.45, 7) is 0.448. The molecule has 2 N–H and O–H groups in total. The van der Waals surface area contributed by atoms with Crippen molar-refractivity contribution in [1.29, 1.82) is 0 Å². The lowest BCUT2D eigenvalue weighted by molar-refractivity contribution is 0.102. The number of carbonyl (C=O) groups excluding carboxylic acids is 1. The molecule has 36 heavy (non-hydrogen) atoms. The molecule has 0 aliphatic heterocycles. The molecule has 2 aromatic heterocycles. The van der Waals surface area contributed by atoms with E-state index in [1.165, 1.54) is 0 Å². The average molecular weight is 562 g/mol. The van der Waals surface area contributed by atoms with Crippen molar-refractivity contribution < 1.29 is 4.79 Å². The Morgan fingerprint density at radius 1 is 0.944 bits per heavy atom. The van der Waals surface area contributed by atoms with Gasteiger partial charge in [-0.25, -0.2) is 10.1 Å². The van der Waals surface area contributed by atoms with Crippen molar-refractivity contribution in [2.75, 3.05) is 5.32 Å². The third-order valence-corrected chi connectivity index (χ3v) is 6.94. The molecular formula is C23H16Cl4N8O. The first-order valence-electron chi connectivity index (χ1n) is 10.5. The van der Waals surface area contributed by atoms with Crippen molar-refractivity contribution in [2.45, 2.75) is 6.54 Å². The number of imidazole rings is 1. The molecule has 0 saturated carbocycles. The fourth-order valence-corrected chi connectivity index (χ4v) is 4.31. The van der Waals surface area contributed by atoms with E-state index in [4.69, 9.17) is 51.4 Å². The zero-order valence-electron chi connectivity index (χ0n) is 18.5. The molecule has 0 radical (unpaired) electrons. The van der Waals surface area contributed by atoms with Crippen molar-refractivity contribution in [1.82, 2.24) is 29.8 Å². The fraction of sp³-hybridized carbons (Fsp3) is 0.0870. The molecule has 182 valence electrons. The molecule has 5 rings (SSSR count). The number of nitrogens with zero attached hydrogens (tertiary/aromatic N) is 6. The maximum absolute atomic E-state index is 12.4. The van der Waals surface area contributed by atoms with Crippen LogP contribution < -0.4 is 10.9 Å². The molecule has 0 aliphatic carbocycles. The van der Waals surface area contributed by atoms with Crippen molar-refractivity contribution >= 4 is 75.0 Å². The highest BCUT2D eigenvalue weighted by Crippen LogP contribution is 2.29. The van der Waals surface area contributed by atoms with E-state index in [9.17, 15) is 4.79 Å². The third kappa shape index (κ3) is 4.83. The molecule has 3 aromatic carbocycles. The van der Waals surface area contributed by atoms with Crippen LogP contribution in [0.25, 0.3) is 11.0 Å². The van der Waals surface area contributed by atoms with Gasteiger partial charge in [-0.15, -0.1) is 0 Å². The zero-order valence-corrected chi connectivity index (χ0v) is 21.5. The Labute approximate surface area is 224 Å². The number of carbonyl (C=O) groups is 1. The summed E-state index contributed by atoms with van der Waals surface area (Å²) in [5.74, 6) is -0.172. The van der Waals surface area contributed by atoms with Gasteiger partial charge in [0.05, 0.1) is 43.4 Å². The Kier molecular flexibility index (Phi) is 6.72. The molecule has 0 spiro atoms. The van der Waals surface area contributed by atoms with Gasteiger partial charge >= 0.3 is 0 Å². The molecule has 2 heterocycles. The van der Waals surface area contributed by atoms with Gasteiger partial charge in [0.1, 0.15) is 0 Å². The van der Waals surface area contributed by atoms with Crippen molar-refractivity contribution in [3.8, 4) is 0 Å². The van der Waals surface area contributed by atoms with Gasteiger partial charge in [0, 0.05) is 12.6 Å². The van der Waals surface area contributed by atoms with E-state index in [0.29, 0.717) is 43.5 Å². The molecule has 0 aliphatic rings. The average Bonchev–Trinajstić information content (AvgIpc) is 3.45. The molecule has 0 unspecified atom stereocenters. The third-order valence-electron chi connectivity index (χ3n) is 5.48. The second-order valence-corrected chi connectivity index (χ2v) is 9.44. The first kappa shape index (κ1) is 24.3. The number of H-pyrrole nitrogens is 1. The highest BCUT2D eigenvalue weighted by Gasteiger charge is 2.14. The SMILES string of the molecule is Cn1c(=Nc2ccc(Cl)c(Cl)c2)n(Cc2ccc(C(=O)Nc3nnn[nH]3)cc2)c2cc(Cl)c(Cl)cc21. The first-order chi connectivity index (χ1) is 17.3. The topological polar surface area (TPSA) is 106 Å². The Morgan fingerprint density at radius 3 is 2.31 bits per heavy atom. The summed E-state index contributed by atoms with van der Waals surface area (Å²) >= 11 is 24.9. The molecule has 0 atom stereocenters. The number of aromatic nitrogens is 6. The van der Waals surface area contributed by atoms with E-state index in [2.05, 4.69) is 25.9 Å². The lowest BCUT2D eigenvalue weighted by Crippen LogP contribution is -2.24. The minimum absolute atomic E-state index is 0.166. The Balaban J connectivity index is 1.56. The van der Waals surface area contributed by atoms with Crippen LogP contribution in [0, 0.1) is 0 Å². The second kappa shape index (κ2) is 9.94. The number of aryl methyl sites for hydroxylation is 1. The summed E-state index contributed by atoms with van der Waals surface area (Å²) in [6, 6.07) is 16.0. The number of hydrogen-bond acceptors (Lipinski definition) is 5. The van der Waals surface area contributed by atoms with Gasteiger partial charge in [0.2, 0.25) is 11.6 Å². The van der Waals surface area contributed by atoms with E-state index in [0.717, 1.165) is 16.6 Å². The van der Waals surface area contributed by atoms with Gasteiger partial charge in [0.25, 0.3) is 5.91 Å². The fourth-order valence-electron chi connectivity index (χ4n) is 3.70. The first-order valence-corrected chi connectivity index (χ1v) is 12.0. The van der Waals surface area contributed by atoms with Gasteiger partial charge in [-0.1, -0.05) is 63.6 Å². The van der Waals surface area contributed by atoms with E-state index >= 15 is 0 Å². The van der Waals surface area contributed by atoms with Crippen LogP contribution in [0.1, 0.15) is 15.9 Å². The van der Waals surface area contributed by atoms with Gasteiger partial charge in [0.15, 0.2) is 0 Å². The smallest absolute Gasteiger partial charge is 0.258 e. The molecule has 9 nitrogen and oxygen atoms in total. The normalized spacial score (nSPS) is 11.9. The molecule has 0 fully saturated rings. The number of fused-ring (bicyclic) bond motifs is 1. The summed E-state index contributed by atoms with van der Waals surface area (Å²) in [5.41, 5.74) is 4.34. The Bertz CT molecular complexity index is 1660. The summed E-state index contributed by atoms with van der Waals surface area (Å²) in [4.78, 5) is 17.3. The van der Waals surface area contributed by atoms with Gasteiger partial charge < -0.3 is 9.13 Å². The summed E-state index contributed by atoms with van der Waals surface area (Å²) in [5, 5.41) is 17.3. The minimum atomic E-state index is -0.338. The van der Waals surface area contributed by atoms with Crippen molar-refractivity contribution in [3.05, 3.63) is 91.4 Å². The Hall–Kier alpha value is -3.37. The quantitative estimate of drug-likeness (QED) is 0.289. The number of halogens is 4. The largest absolute Gasteiger partial charge is 0.313 e. The van der Waals surface area contributed by atoms with Gasteiger partial charge in [-0.05, 0) is 58.5 Å². The van der Waals surface area contributed by atoms with Crippen LogP contribution >= 0.6 is 46.4 Å². The monoisotopic (exact) mass is 560 g/mol. The maximum Gasteiger partial charge on any atom is 0.258 e. The summed E-state index contributed by atoms with van der Waals surface area (Å²) in [6.07, 6.45) is 0. The maximum atomic E-state index is 12.4. The molecule has 0 bridgehead atoms. The van der Waals surface area contributed by atoms with Crippen molar-refractivity contribution in [3.63, 3.8) is 0 Å². The number of aromatic amines is 1. The van der Waals surface area contributed by atoms with Crippen molar-refractivity contribution in [2.24, 2.45) is 12.0 Å². The van der Waals surface area contributed by atoms with E-state index in [-0.39, 0.29) is 11.9 Å². The highest BCUT2D eigenvalue weighted by molar-refractivity contribution is 6.43. The number of benzene rings is 3. The number of nitrogens with one attached hydrogen (secondary N) is 2. The predicted molar refractivity (Wildman–Crippen MR) is 140 cm³/mol. The zero-order chi connectivity index (χ0) is 25.4. The van der Waals surface area contributed by atoms with Crippen LogP contribution in [0.4, 0.5) is 11.6 Å². The lowest BCUT2D eigenvalue weighted by Gasteiger charge is -2.08. The number of rotatable bonds is 5. The van der Waals surface area contributed by atoms with Crippen LogP contribution in [0.3, 0.4) is 0 Å². The molecular weight excluding hydrogens is 546 g/mol. The number of anilines is 1. The van der Waals surface area contributed by atoms with Gasteiger partial charge in [-0.3, -0.25) is 10.1 Å². The van der Waals surface area contributed by atoms with E-state index < -0.39 is 0 Å². The summed E-state index contributed by atoms with van der Waals surface area (Å²) < 4.78 is 3.93. The Morgan fingerprint density at radius 2 is 1.64 bits per heavy atom. The molecule has 13 heteroatoms. The standard InChI is InChI=1S/C23H16Cl4N8O/c1-34-19-9-17(26)18(27)10-20(19)35(23(34)28-14-6-7-15(24)16(25)8-14)11-12-2-4-13(5-3-12)21(36)29-22-30-32-33-31-22/h2-10H,11H2,1H3,(H2,29,30,31,32,33,36). The molecule has 1 amide bonds. The molecule has 0 saturated heterocycles. The number of hydrogen-bond donors (Lipinski definition) is 2. The number of amides is 1. The van der Waals surface area contributed by atoms with Crippen LogP contribution in [-0.4, -0.2) is 35.7 Å². The van der Waals surface area contributed by atoms with Crippen LogP contribution in [0.2, 0.25) is 20.1 Å². The van der Waals surface area contributed by atoms with Crippen LogP contribution in [0.15, 0.2) is 59.6 Å². The lowest BCUT2D eigenvalue weighted by atomic mass is 10.1. The van der Waals surface area contributed by atoms with E-state index in [1.54, 1.807) is 42.5 Å². The number of tetrazole rings is 1. The molecule has 5 aromatic rings. The second-order valence-electron chi connectivity index (χ2n) is 7.81. The van der Waals surface area contributed by atoms with Crippen LogP contribution in [0.5, 0.6) is 0 Å². The summed E-state index contributed by atoms with van der Waals surface area (Å²) in [7, 11) is 1.89. The predicted octanol–water partition coefficient (Wildman–Crippen LogP) is 5.64. The van der Waals surface area contributed by atoms with Gasteiger partial charge in [-0.2, -0.15) is 0 Å². The van der Waals surface area contributed by atoms with Crippen LogP contribution in [-0.2, 0) is 13.6 Å². The highest BCUT2D eigenvalue weighted by atomic mass is 35.5. The van der Waals surface area contributed by atoms with E-state index in [1.807, 2.05) is 28.3 Å². The minimum Gasteiger partial charge on any atom is -0.313 e.